The Morgan fingerprint density at radius 3 is 2.67 bits per heavy atom. The second-order valence-electron chi connectivity index (χ2n) is 9.49. The van der Waals surface area contributed by atoms with Crippen molar-refractivity contribution in [2.75, 3.05) is 19.9 Å². The number of nitrogens with one attached hydrogen (secondary N) is 1. The molecule has 3 N–H and O–H groups in total. The Balaban J connectivity index is 1.54. The summed E-state index contributed by atoms with van der Waals surface area (Å²) in [4.78, 5) is 28.2. The van der Waals surface area contributed by atoms with Crippen molar-refractivity contribution in [3.63, 3.8) is 0 Å². The first-order valence-electron chi connectivity index (χ1n) is 12.1. The van der Waals surface area contributed by atoms with E-state index in [0.29, 0.717) is 22.8 Å². The molecule has 3 aliphatic rings. The summed E-state index contributed by atoms with van der Waals surface area (Å²) in [6.07, 6.45) is -0.142. The number of carbonyl (C=O) groups excluding carboxylic acids is 2. The van der Waals surface area contributed by atoms with Crippen LogP contribution in [-0.2, 0) is 16.1 Å². The van der Waals surface area contributed by atoms with E-state index >= 15 is 0 Å². The van der Waals surface area contributed by atoms with Crippen LogP contribution >= 0.6 is 0 Å². The van der Waals surface area contributed by atoms with Gasteiger partial charge in [0, 0.05) is 30.1 Å². The van der Waals surface area contributed by atoms with Crippen molar-refractivity contribution < 1.29 is 34.0 Å². The van der Waals surface area contributed by atoms with Crippen LogP contribution < -0.4 is 19.5 Å². The van der Waals surface area contributed by atoms with Gasteiger partial charge < -0.3 is 34.6 Å². The number of aliphatic hydroxyl groups excluding tert-OH is 2. The monoisotopic (exact) mass is 494 g/mol. The van der Waals surface area contributed by atoms with Crippen LogP contribution in [0.4, 0.5) is 0 Å². The van der Waals surface area contributed by atoms with E-state index in [-0.39, 0.29) is 44.2 Å². The van der Waals surface area contributed by atoms with E-state index in [9.17, 15) is 19.8 Å². The van der Waals surface area contributed by atoms with E-state index < -0.39 is 24.2 Å². The molecule has 5 rings (SSSR count). The van der Waals surface area contributed by atoms with Gasteiger partial charge in [-0.15, -0.1) is 0 Å². The molecular weight excluding hydrogens is 464 g/mol. The molecule has 2 amide bonds. The maximum Gasteiger partial charge on any atom is 0.247 e. The highest BCUT2D eigenvalue weighted by atomic mass is 16.7. The second kappa shape index (κ2) is 9.83. The molecule has 36 heavy (non-hydrogen) atoms. The number of amides is 2. The summed E-state index contributed by atoms with van der Waals surface area (Å²) < 4.78 is 17.0. The van der Waals surface area contributed by atoms with Crippen LogP contribution in [0.1, 0.15) is 30.9 Å². The SMILES string of the molecule is CC(C)C(=O)N(Cc1ccc2c(c1)OCO2)[C@@H]1C=C(C(=O)NCCO)[C@@H]2c3ccccc3O[C@@H]2[C@H]1O. The van der Waals surface area contributed by atoms with E-state index in [4.69, 9.17) is 14.2 Å². The highest BCUT2D eigenvalue weighted by Crippen LogP contribution is 2.47. The first kappa shape index (κ1) is 24.1. The zero-order valence-corrected chi connectivity index (χ0v) is 20.2. The summed E-state index contributed by atoms with van der Waals surface area (Å²) in [7, 11) is 0. The lowest BCUT2D eigenvalue weighted by atomic mass is 9.77. The van der Waals surface area contributed by atoms with Gasteiger partial charge in [0.25, 0.3) is 0 Å². The quantitative estimate of drug-likeness (QED) is 0.537. The van der Waals surface area contributed by atoms with Gasteiger partial charge in [-0.1, -0.05) is 38.1 Å². The number of para-hydroxylation sites is 1. The Labute approximate surface area is 209 Å². The van der Waals surface area contributed by atoms with Gasteiger partial charge in [-0.25, -0.2) is 0 Å². The topological polar surface area (TPSA) is 118 Å². The van der Waals surface area contributed by atoms with Crippen LogP contribution in [0, 0.1) is 5.92 Å². The Morgan fingerprint density at radius 1 is 1.11 bits per heavy atom. The minimum absolute atomic E-state index is 0.0924. The molecule has 0 fully saturated rings. The summed E-state index contributed by atoms with van der Waals surface area (Å²) in [5.41, 5.74) is 2.02. The average Bonchev–Trinajstić information content (AvgIpc) is 3.50. The fraction of sp³-hybridized carbons (Fsp3) is 0.407. The van der Waals surface area contributed by atoms with E-state index in [1.54, 1.807) is 30.9 Å². The maximum atomic E-state index is 13.4. The molecule has 0 bridgehead atoms. The zero-order valence-electron chi connectivity index (χ0n) is 20.2. The number of aliphatic hydroxyl groups is 2. The molecule has 4 atom stereocenters. The number of ether oxygens (including phenoxy) is 3. The molecule has 190 valence electrons. The van der Waals surface area contributed by atoms with Crippen molar-refractivity contribution in [3.8, 4) is 17.2 Å². The summed E-state index contributed by atoms with van der Waals surface area (Å²) in [5, 5.41) is 23.5. The molecule has 0 aromatic heterocycles. The Kier molecular flexibility index (Phi) is 6.59. The average molecular weight is 495 g/mol. The first-order valence-corrected chi connectivity index (χ1v) is 12.1. The predicted octanol–water partition coefficient (Wildman–Crippen LogP) is 1.72. The van der Waals surface area contributed by atoms with Gasteiger partial charge in [0.1, 0.15) is 18.0 Å². The summed E-state index contributed by atoms with van der Waals surface area (Å²) in [5.74, 6) is 0.473. The normalized spacial score (nSPS) is 23.4. The van der Waals surface area contributed by atoms with E-state index in [0.717, 1.165) is 11.1 Å². The lowest BCUT2D eigenvalue weighted by Gasteiger charge is -2.41. The van der Waals surface area contributed by atoms with Gasteiger partial charge in [0.2, 0.25) is 18.6 Å². The highest BCUT2D eigenvalue weighted by molar-refractivity contribution is 5.96. The number of hydrogen-bond donors (Lipinski definition) is 3. The van der Waals surface area contributed by atoms with Crippen LogP contribution in [0.5, 0.6) is 17.2 Å². The number of carbonyl (C=O) groups is 2. The van der Waals surface area contributed by atoms with Crippen LogP contribution in [-0.4, -0.2) is 65.1 Å². The zero-order chi connectivity index (χ0) is 25.4. The molecule has 2 aromatic rings. The van der Waals surface area contributed by atoms with Crippen LogP contribution in [0.2, 0.25) is 0 Å². The standard InChI is InChI=1S/C27H30N2O7/c1-15(2)27(33)29(13-16-7-8-21-22(11-16)35-14-34-21)19-12-18(26(32)28-9-10-30)23-17-5-3-4-6-20(17)36-25(23)24(19)31/h3-8,11-12,15,19,23-25,30-31H,9-10,13-14H2,1-2H3,(H,28,32)/t19-,23+,24+,25+/m1/s1. The third-order valence-corrected chi connectivity index (χ3v) is 6.80. The molecule has 1 aliphatic carbocycles. The number of nitrogens with zero attached hydrogens (tertiary/aromatic N) is 1. The van der Waals surface area contributed by atoms with Crippen molar-refractivity contribution in [2.24, 2.45) is 5.92 Å². The lowest BCUT2D eigenvalue weighted by molar-refractivity contribution is -0.141. The lowest BCUT2D eigenvalue weighted by Crippen LogP contribution is -2.56. The molecule has 0 spiro atoms. The van der Waals surface area contributed by atoms with E-state index in [1.807, 2.05) is 36.4 Å². The van der Waals surface area contributed by atoms with E-state index in [1.165, 1.54) is 0 Å². The Hall–Kier alpha value is -3.56. The van der Waals surface area contributed by atoms with Crippen LogP contribution in [0.3, 0.4) is 0 Å². The molecule has 0 saturated heterocycles. The molecule has 2 aromatic carbocycles. The number of fused-ring (bicyclic) bond motifs is 4. The van der Waals surface area contributed by atoms with Gasteiger partial charge in [0.05, 0.1) is 18.6 Å². The van der Waals surface area contributed by atoms with Gasteiger partial charge in [-0.3, -0.25) is 9.59 Å². The van der Waals surface area contributed by atoms with Gasteiger partial charge >= 0.3 is 0 Å². The molecular formula is C27H30N2O7. The van der Waals surface area contributed by atoms with Crippen molar-refractivity contribution >= 4 is 11.8 Å². The molecule has 0 radical (unpaired) electrons. The smallest absolute Gasteiger partial charge is 0.247 e. The minimum Gasteiger partial charge on any atom is -0.486 e. The summed E-state index contributed by atoms with van der Waals surface area (Å²) in [6.45, 7) is 3.83. The van der Waals surface area contributed by atoms with Crippen molar-refractivity contribution in [2.45, 2.75) is 44.6 Å². The van der Waals surface area contributed by atoms with Gasteiger partial charge in [-0.2, -0.15) is 0 Å². The van der Waals surface area contributed by atoms with Gasteiger partial charge in [-0.05, 0) is 29.8 Å². The fourth-order valence-electron chi connectivity index (χ4n) is 5.09. The number of benzene rings is 2. The molecule has 2 heterocycles. The first-order chi connectivity index (χ1) is 17.4. The number of hydrogen-bond acceptors (Lipinski definition) is 7. The molecule has 2 aliphatic heterocycles. The molecule has 0 saturated carbocycles. The minimum atomic E-state index is -1.08. The summed E-state index contributed by atoms with van der Waals surface area (Å²) >= 11 is 0. The van der Waals surface area contributed by atoms with Crippen LogP contribution in [0.15, 0.2) is 54.1 Å². The largest absolute Gasteiger partial charge is 0.486 e. The molecule has 9 heteroatoms. The van der Waals surface area contributed by atoms with Crippen LogP contribution in [0.25, 0.3) is 0 Å². The van der Waals surface area contributed by atoms with Crippen molar-refractivity contribution in [3.05, 3.63) is 65.2 Å². The third-order valence-electron chi connectivity index (χ3n) is 6.80. The van der Waals surface area contributed by atoms with Gasteiger partial charge in [0.15, 0.2) is 11.5 Å². The maximum absolute atomic E-state index is 13.4. The Morgan fingerprint density at radius 2 is 1.89 bits per heavy atom. The Bertz CT molecular complexity index is 1190. The highest BCUT2D eigenvalue weighted by Gasteiger charge is 2.50. The van der Waals surface area contributed by atoms with Crippen molar-refractivity contribution in [1.82, 2.24) is 10.2 Å². The number of rotatable bonds is 7. The summed E-state index contributed by atoms with van der Waals surface area (Å²) in [6, 6.07) is 12.0. The second-order valence-corrected chi connectivity index (χ2v) is 9.49. The van der Waals surface area contributed by atoms with E-state index in [2.05, 4.69) is 5.32 Å². The fourth-order valence-corrected chi connectivity index (χ4v) is 5.09. The molecule has 0 unspecified atom stereocenters. The third kappa shape index (κ3) is 4.29. The molecule has 9 nitrogen and oxygen atoms in total. The predicted molar refractivity (Wildman–Crippen MR) is 130 cm³/mol. The van der Waals surface area contributed by atoms with Crippen molar-refractivity contribution in [1.29, 1.82) is 0 Å².